The van der Waals surface area contributed by atoms with E-state index < -0.39 is 0 Å². The van der Waals surface area contributed by atoms with Crippen molar-refractivity contribution < 1.29 is 9.59 Å². The van der Waals surface area contributed by atoms with E-state index in [2.05, 4.69) is 13.5 Å². The Morgan fingerprint density at radius 3 is 2.79 bits per heavy atom. The van der Waals surface area contributed by atoms with Gasteiger partial charge in [0.2, 0.25) is 5.91 Å². The van der Waals surface area contributed by atoms with Crippen LogP contribution in [-0.4, -0.2) is 29.7 Å². The van der Waals surface area contributed by atoms with Gasteiger partial charge in [0.05, 0.1) is 0 Å². The lowest BCUT2D eigenvalue weighted by Crippen LogP contribution is -2.34. The van der Waals surface area contributed by atoms with Crippen molar-refractivity contribution in [2.24, 2.45) is 0 Å². The Labute approximate surface area is 116 Å². The Morgan fingerprint density at radius 2 is 2.16 bits per heavy atom. The molecule has 3 nitrogen and oxygen atoms in total. The van der Waals surface area contributed by atoms with Crippen LogP contribution in [0.4, 0.5) is 0 Å². The van der Waals surface area contributed by atoms with Gasteiger partial charge in [-0.25, -0.2) is 0 Å². The van der Waals surface area contributed by atoms with E-state index in [0.717, 1.165) is 45.1 Å². The van der Waals surface area contributed by atoms with E-state index in [1.54, 1.807) is 6.08 Å². The molecule has 19 heavy (non-hydrogen) atoms. The number of rotatable bonds is 8. The lowest BCUT2D eigenvalue weighted by Gasteiger charge is -2.24. The molecule has 1 rings (SSSR count). The smallest absolute Gasteiger partial charge is 0.249 e. The average molecular weight is 263 g/mol. The van der Waals surface area contributed by atoms with Crippen LogP contribution in [-0.2, 0) is 9.59 Å². The van der Waals surface area contributed by atoms with E-state index in [1.807, 2.05) is 11.0 Å². The van der Waals surface area contributed by atoms with Crippen LogP contribution in [0.1, 0.15) is 51.9 Å². The molecule has 0 N–H and O–H groups in total. The zero-order valence-electron chi connectivity index (χ0n) is 12.0. The number of carbonyl (C=O) groups excluding carboxylic acids is 2. The Morgan fingerprint density at radius 1 is 1.37 bits per heavy atom. The molecule has 0 aromatic rings. The molecule has 0 aromatic carbocycles. The molecule has 0 aliphatic heterocycles. The van der Waals surface area contributed by atoms with Crippen LogP contribution in [0.5, 0.6) is 0 Å². The first kappa shape index (κ1) is 15.7. The van der Waals surface area contributed by atoms with Crippen molar-refractivity contribution in [2.45, 2.75) is 51.9 Å². The molecule has 3 heteroatoms. The lowest BCUT2D eigenvalue weighted by atomic mass is 9.97. The van der Waals surface area contributed by atoms with Crippen molar-refractivity contribution in [3.63, 3.8) is 0 Å². The highest BCUT2D eigenvalue weighted by atomic mass is 16.2. The monoisotopic (exact) mass is 263 g/mol. The van der Waals surface area contributed by atoms with E-state index >= 15 is 0 Å². The summed E-state index contributed by atoms with van der Waals surface area (Å²) in [5.74, 6) is 0.137. The number of carbonyl (C=O) groups is 2. The number of amides is 1. The van der Waals surface area contributed by atoms with E-state index in [0.29, 0.717) is 18.5 Å². The van der Waals surface area contributed by atoms with Gasteiger partial charge in [0.15, 0.2) is 5.78 Å². The number of nitrogens with zero attached hydrogens (tertiary/aromatic N) is 1. The minimum Gasteiger partial charge on any atom is -0.339 e. The summed E-state index contributed by atoms with van der Waals surface area (Å²) < 4.78 is 0. The van der Waals surface area contributed by atoms with Crippen molar-refractivity contribution in [1.29, 1.82) is 0 Å². The van der Waals surface area contributed by atoms with Crippen LogP contribution in [0.2, 0.25) is 0 Å². The minimum absolute atomic E-state index is 0.0472. The van der Waals surface area contributed by atoms with Gasteiger partial charge in [0.25, 0.3) is 0 Å². The van der Waals surface area contributed by atoms with Crippen molar-refractivity contribution >= 4 is 11.7 Å². The summed E-state index contributed by atoms with van der Waals surface area (Å²) in [6.07, 6.45) is 9.62. The number of hydrogen-bond acceptors (Lipinski definition) is 2. The summed E-state index contributed by atoms with van der Waals surface area (Å²) in [4.78, 5) is 25.7. The van der Waals surface area contributed by atoms with Gasteiger partial charge in [-0.2, -0.15) is 0 Å². The fourth-order valence-electron chi connectivity index (χ4n) is 2.28. The second-order valence-corrected chi connectivity index (χ2v) is 5.07. The third kappa shape index (κ3) is 5.41. The maximum absolute atomic E-state index is 12.4. The molecule has 0 spiro atoms. The summed E-state index contributed by atoms with van der Waals surface area (Å²) in [6, 6.07) is 0. The van der Waals surface area contributed by atoms with Gasteiger partial charge in [-0.1, -0.05) is 25.8 Å². The summed E-state index contributed by atoms with van der Waals surface area (Å²) in [5, 5.41) is 0. The van der Waals surface area contributed by atoms with Crippen LogP contribution in [0.3, 0.4) is 0 Å². The average Bonchev–Trinajstić information content (AvgIpc) is 2.42. The van der Waals surface area contributed by atoms with Crippen LogP contribution >= 0.6 is 0 Å². The molecule has 0 radical (unpaired) electrons. The Balaban J connectivity index is 2.63. The maximum Gasteiger partial charge on any atom is 0.249 e. The van der Waals surface area contributed by atoms with Gasteiger partial charge >= 0.3 is 0 Å². The fourth-order valence-corrected chi connectivity index (χ4v) is 2.28. The standard InChI is InChI=1S/C16H25NO2/c1-3-5-7-12-17(11-6-4-2)16(19)14-9-8-10-15(18)13-14/h4,13H,2-3,5-12H2,1H3. The van der Waals surface area contributed by atoms with Crippen LogP contribution in [0, 0.1) is 0 Å². The van der Waals surface area contributed by atoms with Crippen molar-refractivity contribution in [1.82, 2.24) is 4.90 Å². The Hall–Kier alpha value is -1.38. The molecule has 0 fully saturated rings. The predicted octanol–water partition coefficient (Wildman–Crippen LogP) is 3.26. The van der Waals surface area contributed by atoms with Gasteiger partial charge < -0.3 is 4.90 Å². The highest BCUT2D eigenvalue weighted by Gasteiger charge is 2.21. The van der Waals surface area contributed by atoms with Gasteiger partial charge in [-0.05, 0) is 31.8 Å². The summed E-state index contributed by atoms with van der Waals surface area (Å²) in [5.41, 5.74) is 0.691. The first-order chi connectivity index (χ1) is 9.19. The molecular formula is C16H25NO2. The molecule has 0 bridgehead atoms. The third-order valence-electron chi connectivity index (χ3n) is 3.40. The first-order valence-electron chi connectivity index (χ1n) is 7.32. The van der Waals surface area contributed by atoms with E-state index in [9.17, 15) is 9.59 Å². The number of allylic oxidation sites excluding steroid dienone is 1. The predicted molar refractivity (Wildman–Crippen MR) is 77.9 cm³/mol. The van der Waals surface area contributed by atoms with Crippen molar-refractivity contribution in [3.05, 3.63) is 24.3 Å². The van der Waals surface area contributed by atoms with E-state index in [-0.39, 0.29) is 11.7 Å². The molecule has 1 amide bonds. The van der Waals surface area contributed by atoms with E-state index in [1.165, 1.54) is 0 Å². The first-order valence-corrected chi connectivity index (χ1v) is 7.32. The summed E-state index contributed by atoms with van der Waals surface area (Å²) in [6.45, 7) is 7.35. The molecule has 0 heterocycles. The summed E-state index contributed by atoms with van der Waals surface area (Å²) in [7, 11) is 0. The van der Waals surface area contributed by atoms with Crippen LogP contribution in [0.25, 0.3) is 0 Å². The number of ketones is 1. The van der Waals surface area contributed by atoms with Crippen LogP contribution in [0.15, 0.2) is 24.3 Å². The van der Waals surface area contributed by atoms with Gasteiger partial charge in [-0.3, -0.25) is 9.59 Å². The number of hydrogen-bond donors (Lipinski definition) is 0. The zero-order valence-corrected chi connectivity index (χ0v) is 12.0. The molecule has 0 aromatic heterocycles. The SMILES string of the molecule is C=CCCN(CCCCC)C(=O)C1=CC(=O)CCC1. The molecule has 0 saturated heterocycles. The van der Waals surface area contributed by atoms with Gasteiger partial charge in [0, 0.05) is 25.1 Å². The molecule has 106 valence electrons. The minimum atomic E-state index is 0.0472. The van der Waals surface area contributed by atoms with Crippen LogP contribution < -0.4 is 0 Å². The topological polar surface area (TPSA) is 37.4 Å². The van der Waals surface area contributed by atoms with E-state index in [4.69, 9.17) is 0 Å². The third-order valence-corrected chi connectivity index (χ3v) is 3.40. The highest BCUT2D eigenvalue weighted by Crippen LogP contribution is 2.18. The molecule has 0 saturated carbocycles. The maximum atomic E-state index is 12.4. The fraction of sp³-hybridized carbons (Fsp3) is 0.625. The largest absolute Gasteiger partial charge is 0.339 e. The Kier molecular flexibility index (Phi) is 7.16. The lowest BCUT2D eigenvalue weighted by molar-refractivity contribution is -0.128. The zero-order chi connectivity index (χ0) is 14.1. The Bertz CT molecular complexity index is 358. The normalized spacial score (nSPS) is 15.0. The quantitative estimate of drug-likeness (QED) is 0.498. The van der Waals surface area contributed by atoms with Gasteiger partial charge in [0.1, 0.15) is 0 Å². The molecule has 0 unspecified atom stereocenters. The second-order valence-electron chi connectivity index (χ2n) is 5.07. The van der Waals surface area contributed by atoms with Gasteiger partial charge in [-0.15, -0.1) is 6.58 Å². The molecular weight excluding hydrogens is 238 g/mol. The van der Waals surface area contributed by atoms with Crippen molar-refractivity contribution in [3.8, 4) is 0 Å². The summed E-state index contributed by atoms with van der Waals surface area (Å²) >= 11 is 0. The number of unbranched alkanes of at least 4 members (excludes halogenated alkanes) is 2. The molecule has 0 atom stereocenters. The van der Waals surface area contributed by atoms with Crippen molar-refractivity contribution in [2.75, 3.05) is 13.1 Å². The molecule has 1 aliphatic carbocycles. The highest BCUT2D eigenvalue weighted by molar-refractivity contribution is 6.02. The second kappa shape index (κ2) is 8.68. The molecule has 1 aliphatic rings.